The number of thiophene rings is 1. The zero-order valence-electron chi connectivity index (χ0n) is 10.8. The molecule has 100 valence electrons. The number of rotatable bonds is 5. The summed E-state index contributed by atoms with van der Waals surface area (Å²) >= 11 is 1.30. The first kappa shape index (κ1) is 13.4. The van der Waals surface area contributed by atoms with Crippen LogP contribution in [0.1, 0.15) is 20.8 Å². The van der Waals surface area contributed by atoms with E-state index >= 15 is 0 Å². The molecular weight excluding hydrogens is 258 g/mol. The monoisotopic (exact) mass is 275 g/mol. The normalized spacial score (nSPS) is 10.4. The third kappa shape index (κ3) is 3.26. The summed E-state index contributed by atoms with van der Waals surface area (Å²) in [4.78, 5) is 11.5. The second kappa shape index (κ2) is 5.75. The third-order valence-corrected chi connectivity index (χ3v) is 4.06. The minimum atomic E-state index is -0.477. The van der Waals surface area contributed by atoms with Gasteiger partial charge in [-0.25, -0.2) is 0 Å². The number of nitrogens with one attached hydrogen (secondary N) is 1. The van der Waals surface area contributed by atoms with E-state index in [2.05, 4.69) is 24.4 Å². The fourth-order valence-corrected chi connectivity index (χ4v) is 2.75. The molecule has 0 spiro atoms. The Hall–Kier alpha value is -2.01. The summed E-state index contributed by atoms with van der Waals surface area (Å²) in [5.41, 5.74) is 14.0. The van der Waals surface area contributed by atoms with Crippen LogP contribution in [0.5, 0.6) is 0 Å². The molecule has 1 amide bonds. The number of nitrogen functional groups attached to an aromatic ring is 1. The largest absolute Gasteiger partial charge is 0.397 e. The van der Waals surface area contributed by atoms with Crippen LogP contribution in [0.25, 0.3) is 0 Å². The van der Waals surface area contributed by atoms with E-state index < -0.39 is 5.91 Å². The van der Waals surface area contributed by atoms with Crippen molar-refractivity contribution >= 4 is 27.9 Å². The quantitative estimate of drug-likeness (QED) is 0.783. The van der Waals surface area contributed by atoms with E-state index in [1.54, 1.807) is 6.07 Å². The van der Waals surface area contributed by atoms with E-state index in [-0.39, 0.29) is 0 Å². The van der Waals surface area contributed by atoms with Crippen molar-refractivity contribution in [2.24, 2.45) is 5.73 Å². The highest BCUT2D eigenvalue weighted by atomic mass is 32.1. The molecule has 1 aromatic carbocycles. The summed E-state index contributed by atoms with van der Waals surface area (Å²) in [5.74, 6) is -0.477. The molecule has 0 fully saturated rings. The molecule has 5 heteroatoms. The number of aryl methyl sites for hydroxylation is 1. The van der Waals surface area contributed by atoms with Crippen LogP contribution in [0.4, 0.5) is 10.7 Å². The molecule has 0 bridgehead atoms. The van der Waals surface area contributed by atoms with E-state index in [1.807, 2.05) is 12.1 Å². The summed E-state index contributed by atoms with van der Waals surface area (Å²) in [5, 5.41) is 4.14. The first-order valence-corrected chi connectivity index (χ1v) is 6.87. The molecule has 2 rings (SSSR count). The van der Waals surface area contributed by atoms with Gasteiger partial charge in [0.25, 0.3) is 5.91 Å². The molecular formula is C14H17N3OS. The maximum absolute atomic E-state index is 11.1. The van der Waals surface area contributed by atoms with Crippen LogP contribution in [0.2, 0.25) is 0 Å². The van der Waals surface area contributed by atoms with Gasteiger partial charge in [0.15, 0.2) is 0 Å². The predicted octanol–water partition coefficient (Wildman–Crippen LogP) is 2.39. The maximum atomic E-state index is 11.1. The van der Waals surface area contributed by atoms with Crippen molar-refractivity contribution in [3.8, 4) is 0 Å². The van der Waals surface area contributed by atoms with Gasteiger partial charge in [0, 0.05) is 6.54 Å². The summed E-state index contributed by atoms with van der Waals surface area (Å²) < 4.78 is 0. The summed E-state index contributed by atoms with van der Waals surface area (Å²) in [6, 6.07) is 10.0. The predicted molar refractivity (Wildman–Crippen MR) is 80.6 cm³/mol. The molecule has 0 aliphatic carbocycles. The van der Waals surface area contributed by atoms with Crippen LogP contribution in [0, 0.1) is 6.92 Å². The first-order valence-electron chi connectivity index (χ1n) is 6.05. The maximum Gasteiger partial charge on any atom is 0.260 e. The number of primary amides is 1. The number of nitrogens with two attached hydrogens (primary N) is 2. The Morgan fingerprint density at radius 1 is 1.37 bits per heavy atom. The minimum absolute atomic E-state index is 0.415. The lowest BCUT2D eigenvalue weighted by Gasteiger charge is -2.06. The van der Waals surface area contributed by atoms with Crippen molar-refractivity contribution in [2.45, 2.75) is 13.3 Å². The smallest absolute Gasteiger partial charge is 0.260 e. The van der Waals surface area contributed by atoms with Crippen LogP contribution >= 0.6 is 11.3 Å². The average Bonchev–Trinajstić information content (AvgIpc) is 2.73. The number of carbonyl (C=O) groups is 1. The second-order valence-corrected chi connectivity index (χ2v) is 5.41. The molecule has 0 atom stereocenters. The first-order chi connectivity index (χ1) is 9.08. The van der Waals surface area contributed by atoms with E-state index in [4.69, 9.17) is 11.5 Å². The zero-order chi connectivity index (χ0) is 13.8. The number of amides is 1. The molecule has 1 heterocycles. The van der Waals surface area contributed by atoms with Crippen LogP contribution in [0.3, 0.4) is 0 Å². The van der Waals surface area contributed by atoms with Crippen molar-refractivity contribution in [3.63, 3.8) is 0 Å². The SMILES string of the molecule is Cc1ccccc1CCNc1cc(N)c(C(N)=O)s1. The standard InChI is InChI=1S/C14H17N3OS/c1-9-4-2-3-5-10(9)6-7-17-12-8-11(15)13(19-12)14(16)18/h2-5,8,17H,6-7,15H2,1H3,(H2,16,18). The highest BCUT2D eigenvalue weighted by molar-refractivity contribution is 7.18. The van der Waals surface area contributed by atoms with Gasteiger partial charge in [-0.1, -0.05) is 24.3 Å². The lowest BCUT2D eigenvalue weighted by molar-refractivity contribution is 0.100. The van der Waals surface area contributed by atoms with E-state index in [1.165, 1.54) is 22.5 Å². The molecule has 4 nitrogen and oxygen atoms in total. The lowest BCUT2D eigenvalue weighted by Crippen LogP contribution is -2.10. The Bertz CT molecular complexity index is 592. The van der Waals surface area contributed by atoms with Gasteiger partial charge in [-0.2, -0.15) is 0 Å². The highest BCUT2D eigenvalue weighted by Gasteiger charge is 2.10. The summed E-state index contributed by atoms with van der Waals surface area (Å²) in [7, 11) is 0. The Kier molecular flexibility index (Phi) is 4.06. The van der Waals surface area contributed by atoms with Gasteiger partial charge in [-0.3, -0.25) is 4.79 Å². The molecule has 5 N–H and O–H groups in total. The average molecular weight is 275 g/mol. The Labute approximate surface area is 116 Å². The van der Waals surface area contributed by atoms with E-state index in [9.17, 15) is 4.79 Å². The van der Waals surface area contributed by atoms with Crippen molar-refractivity contribution in [1.82, 2.24) is 0 Å². The molecule has 0 radical (unpaired) electrons. The molecule has 0 unspecified atom stereocenters. The molecule has 0 aliphatic rings. The Morgan fingerprint density at radius 3 is 2.74 bits per heavy atom. The number of benzene rings is 1. The van der Waals surface area contributed by atoms with Crippen LogP contribution in [-0.2, 0) is 6.42 Å². The van der Waals surface area contributed by atoms with Gasteiger partial charge >= 0.3 is 0 Å². The summed E-state index contributed by atoms with van der Waals surface area (Å²) in [6.45, 7) is 2.90. The van der Waals surface area contributed by atoms with Crippen molar-refractivity contribution in [1.29, 1.82) is 0 Å². The van der Waals surface area contributed by atoms with E-state index in [0.717, 1.165) is 18.0 Å². The lowest BCUT2D eigenvalue weighted by atomic mass is 10.1. The topological polar surface area (TPSA) is 81.1 Å². The van der Waals surface area contributed by atoms with Crippen molar-refractivity contribution in [2.75, 3.05) is 17.6 Å². The van der Waals surface area contributed by atoms with Gasteiger partial charge in [-0.05, 0) is 30.5 Å². The van der Waals surface area contributed by atoms with Gasteiger partial charge in [0.2, 0.25) is 0 Å². The molecule has 0 aliphatic heterocycles. The molecule has 0 saturated heterocycles. The van der Waals surface area contributed by atoms with Crippen molar-refractivity contribution in [3.05, 3.63) is 46.3 Å². The second-order valence-electron chi connectivity index (χ2n) is 4.36. The van der Waals surface area contributed by atoms with Crippen LogP contribution in [0.15, 0.2) is 30.3 Å². The highest BCUT2D eigenvalue weighted by Crippen LogP contribution is 2.28. The third-order valence-electron chi connectivity index (χ3n) is 2.94. The minimum Gasteiger partial charge on any atom is -0.397 e. The van der Waals surface area contributed by atoms with Crippen LogP contribution < -0.4 is 16.8 Å². The molecule has 0 saturated carbocycles. The number of hydrogen-bond donors (Lipinski definition) is 3. The number of hydrogen-bond acceptors (Lipinski definition) is 4. The van der Waals surface area contributed by atoms with Crippen molar-refractivity contribution < 1.29 is 4.79 Å². The Balaban J connectivity index is 1.95. The zero-order valence-corrected chi connectivity index (χ0v) is 11.6. The molecule has 2 aromatic rings. The Morgan fingerprint density at radius 2 is 2.11 bits per heavy atom. The molecule has 1 aromatic heterocycles. The van der Waals surface area contributed by atoms with Gasteiger partial charge in [0.05, 0.1) is 10.7 Å². The van der Waals surface area contributed by atoms with Gasteiger partial charge < -0.3 is 16.8 Å². The van der Waals surface area contributed by atoms with Gasteiger partial charge in [0.1, 0.15) is 4.88 Å². The fourth-order valence-electron chi connectivity index (χ4n) is 1.90. The molecule has 19 heavy (non-hydrogen) atoms. The van der Waals surface area contributed by atoms with Gasteiger partial charge in [-0.15, -0.1) is 11.3 Å². The fraction of sp³-hybridized carbons (Fsp3) is 0.214. The summed E-state index contributed by atoms with van der Waals surface area (Å²) in [6.07, 6.45) is 0.927. The van der Waals surface area contributed by atoms with E-state index in [0.29, 0.717) is 10.6 Å². The number of carbonyl (C=O) groups excluding carboxylic acids is 1. The van der Waals surface area contributed by atoms with Crippen LogP contribution in [-0.4, -0.2) is 12.5 Å². The number of anilines is 2.